The monoisotopic (exact) mass is 282 g/mol. The molecule has 1 aromatic heterocycles. The molecular formula is C11H7FN2O2S2. The van der Waals surface area contributed by atoms with Crippen LogP contribution < -0.4 is 4.72 Å². The fourth-order valence-corrected chi connectivity index (χ4v) is 3.43. The molecule has 0 aliphatic rings. The van der Waals surface area contributed by atoms with Gasteiger partial charge in [-0.3, -0.25) is 4.72 Å². The number of halogens is 1. The normalized spacial score (nSPS) is 10.9. The Kier molecular flexibility index (Phi) is 3.32. The van der Waals surface area contributed by atoms with E-state index < -0.39 is 15.8 Å². The van der Waals surface area contributed by atoms with Gasteiger partial charge in [0.15, 0.2) is 0 Å². The van der Waals surface area contributed by atoms with E-state index >= 15 is 0 Å². The Labute approximate surface area is 107 Å². The van der Waals surface area contributed by atoms with Crippen LogP contribution in [0, 0.1) is 17.1 Å². The van der Waals surface area contributed by atoms with Crippen molar-refractivity contribution < 1.29 is 12.8 Å². The number of nitriles is 1. The molecule has 0 saturated carbocycles. The maximum absolute atomic E-state index is 12.9. The highest BCUT2D eigenvalue weighted by Gasteiger charge is 2.17. The molecule has 0 saturated heterocycles. The quantitative estimate of drug-likeness (QED) is 0.940. The van der Waals surface area contributed by atoms with Crippen molar-refractivity contribution in [2.75, 3.05) is 4.72 Å². The summed E-state index contributed by atoms with van der Waals surface area (Å²) in [4.78, 5) is 0.301. The van der Waals surface area contributed by atoms with E-state index in [2.05, 4.69) is 4.72 Å². The third kappa shape index (κ3) is 2.67. The van der Waals surface area contributed by atoms with Crippen molar-refractivity contribution in [2.45, 2.75) is 4.21 Å². The van der Waals surface area contributed by atoms with E-state index in [1.54, 1.807) is 0 Å². The van der Waals surface area contributed by atoms with Gasteiger partial charge in [-0.05, 0) is 30.3 Å². The molecule has 0 amide bonds. The molecule has 1 aromatic carbocycles. The first-order valence-electron chi connectivity index (χ1n) is 4.79. The molecule has 0 atom stereocenters. The van der Waals surface area contributed by atoms with Gasteiger partial charge in [0, 0.05) is 0 Å². The third-order valence-electron chi connectivity index (χ3n) is 2.03. The van der Waals surface area contributed by atoms with Gasteiger partial charge >= 0.3 is 0 Å². The molecule has 0 unspecified atom stereocenters. The zero-order valence-corrected chi connectivity index (χ0v) is 10.6. The summed E-state index contributed by atoms with van der Waals surface area (Å²) in [6, 6.07) is 9.77. The zero-order valence-electron chi connectivity index (χ0n) is 8.92. The summed E-state index contributed by atoms with van der Waals surface area (Å²) in [6.45, 7) is 0. The molecule has 0 aliphatic carbocycles. The lowest BCUT2D eigenvalue weighted by atomic mass is 10.3. The van der Waals surface area contributed by atoms with Crippen molar-refractivity contribution in [2.24, 2.45) is 0 Å². The van der Waals surface area contributed by atoms with Crippen LogP contribution in [0.25, 0.3) is 0 Å². The van der Waals surface area contributed by atoms with Crippen LogP contribution in [0.1, 0.15) is 4.88 Å². The molecule has 92 valence electrons. The first kappa shape index (κ1) is 12.5. The van der Waals surface area contributed by atoms with Crippen molar-refractivity contribution in [1.82, 2.24) is 0 Å². The Morgan fingerprint density at radius 1 is 1.28 bits per heavy atom. The smallest absolute Gasteiger partial charge is 0.271 e. The van der Waals surface area contributed by atoms with Crippen LogP contribution >= 0.6 is 11.3 Å². The molecular weight excluding hydrogens is 275 g/mol. The lowest BCUT2D eigenvalue weighted by molar-refractivity contribution is 0.603. The topological polar surface area (TPSA) is 70.0 Å². The van der Waals surface area contributed by atoms with Crippen molar-refractivity contribution in [3.05, 3.63) is 47.1 Å². The second kappa shape index (κ2) is 4.76. The van der Waals surface area contributed by atoms with Gasteiger partial charge in [0.25, 0.3) is 10.0 Å². The van der Waals surface area contributed by atoms with Gasteiger partial charge in [0.1, 0.15) is 21.0 Å². The molecule has 0 radical (unpaired) electrons. The highest BCUT2D eigenvalue weighted by molar-refractivity contribution is 7.94. The van der Waals surface area contributed by atoms with E-state index in [1.807, 2.05) is 6.07 Å². The fraction of sp³-hybridized carbons (Fsp3) is 0. The van der Waals surface area contributed by atoms with Crippen LogP contribution in [0.2, 0.25) is 0 Å². The highest BCUT2D eigenvalue weighted by Crippen LogP contribution is 2.23. The number of thiophene rings is 1. The first-order valence-corrected chi connectivity index (χ1v) is 7.09. The summed E-state index contributed by atoms with van der Waals surface area (Å²) in [7, 11) is -3.77. The first-order chi connectivity index (χ1) is 8.51. The van der Waals surface area contributed by atoms with Gasteiger partial charge in [-0.15, -0.1) is 11.3 Å². The standard InChI is InChI=1S/C11H7FN2O2S2/c12-8-2-1-3-9(6-8)14-18(15,16)11-5-4-10(7-13)17-11/h1-6,14H. The predicted molar refractivity (Wildman–Crippen MR) is 66.2 cm³/mol. The molecule has 0 aliphatic heterocycles. The number of hydrogen-bond acceptors (Lipinski definition) is 4. The minimum Gasteiger partial charge on any atom is -0.279 e. The second-order valence-electron chi connectivity index (χ2n) is 3.35. The van der Waals surface area contributed by atoms with E-state index in [9.17, 15) is 12.8 Å². The number of sulfonamides is 1. The SMILES string of the molecule is N#Cc1ccc(S(=O)(=O)Nc2cccc(F)c2)s1. The number of nitrogens with zero attached hydrogens (tertiary/aromatic N) is 1. The number of hydrogen-bond donors (Lipinski definition) is 1. The second-order valence-corrected chi connectivity index (χ2v) is 6.34. The van der Waals surface area contributed by atoms with Crippen molar-refractivity contribution in [3.63, 3.8) is 0 Å². The van der Waals surface area contributed by atoms with Crippen LogP contribution in [0.4, 0.5) is 10.1 Å². The summed E-state index contributed by atoms with van der Waals surface area (Å²) in [5.74, 6) is -0.529. The van der Waals surface area contributed by atoms with Gasteiger partial charge < -0.3 is 0 Å². The fourth-order valence-electron chi connectivity index (χ4n) is 1.28. The molecule has 0 fully saturated rings. The average molecular weight is 282 g/mol. The summed E-state index contributed by atoms with van der Waals surface area (Å²) in [5.41, 5.74) is 0.141. The molecule has 1 heterocycles. The van der Waals surface area contributed by atoms with E-state index in [1.165, 1.54) is 30.3 Å². The van der Waals surface area contributed by atoms with E-state index in [4.69, 9.17) is 5.26 Å². The van der Waals surface area contributed by atoms with Gasteiger partial charge in [-0.2, -0.15) is 5.26 Å². The minimum atomic E-state index is -3.77. The maximum Gasteiger partial charge on any atom is 0.271 e. The van der Waals surface area contributed by atoms with Crippen LogP contribution in [0.3, 0.4) is 0 Å². The molecule has 0 bridgehead atoms. The van der Waals surface area contributed by atoms with Crippen molar-refractivity contribution in [3.8, 4) is 6.07 Å². The lowest BCUT2D eigenvalue weighted by Gasteiger charge is -2.05. The van der Waals surface area contributed by atoms with Gasteiger partial charge in [0.2, 0.25) is 0 Å². The van der Waals surface area contributed by atoms with E-state index in [0.717, 1.165) is 17.4 Å². The van der Waals surface area contributed by atoms with Crippen molar-refractivity contribution >= 4 is 27.0 Å². The summed E-state index contributed by atoms with van der Waals surface area (Å²) in [5, 5.41) is 8.64. The van der Waals surface area contributed by atoms with Crippen LogP contribution in [-0.2, 0) is 10.0 Å². The zero-order chi connectivity index (χ0) is 13.2. The summed E-state index contributed by atoms with van der Waals surface area (Å²) >= 11 is 0.858. The van der Waals surface area contributed by atoms with Gasteiger partial charge in [-0.25, -0.2) is 12.8 Å². The van der Waals surface area contributed by atoms with Crippen molar-refractivity contribution in [1.29, 1.82) is 5.26 Å². The Hall–Kier alpha value is -1.91. The van der Waals surface area contributed by atoms with Gasteiger partial charge in [-0.1, -0.05) is 6.07 Å². The summed E-state index contributed by atoms with van der Waals surface area (Å²) in [6.07, 6.45) is 0. The van der Waals surface area contributed by atoms with Crippen LogP contribution in [-0.4, -0.2) is 8.42 Å². The molecule has 18 heavy (non-hydrogen) atoms. The minimum absolute atomic E-state index is 0.0170. The molecule has 4 nitrogen and oxygen atoms in total. The largest absolute Gasteiger partial charge is 0.279 e. The van der Waals surface area contributed by atoms with Gasteiger partial charge in [0.05, 0.1) is 5.69 Å². The average Bonchev–Trinajstić information content (AvgIpc) is 2.77. The van der Waals surface area contributed by atoms with Crippen LogP contribution in [0.5, 0.6) is 0 Å². The lowest BCUT2D eigenvalue weighted by Crippen LogP contribution is -2.11. The Morgan fingerprint density at radius 3 is 2.67 bits per heavy atom. The number of rotatable bonds is 3. The Morgan fingerprint density at radius 2 is 2.06 bits per heavy atom. The third-order valence-corrected chi connectivity index (χ3v) is 4.90. The molecule has 1 N–H and O–H groups in total. The molecule has 2 rings (SSSR count). The van der Waals surface area contributed by atoms with Crippen LogP contribution in [0.15, 0.2) is 40.6 Å². The molecule has 2 aromatic rings. The highest BCUT2D eigenvalue weighted by atomic mass is 32.2. The number of nitrogens with one attached hydrogen (secondary N) is 1. The maximum atomic E-state index is 12.9. The number of anilines is 1. The van der Waals surface area contributed by atoms with E-state index in [-0.39, 0.29) is 9.90 Å². The Bertz CT molecular complexity index is 717. The predicted octanol–water partition coefficient (Wildman–Crippen LogP) is 2.56. The molecule has 7 heteroatoms. The van der Waals surface area contributed by atoms with E-state index in [0.29, 0.717) is 4.88 Å². The number of benzene rings is 1. The Balaban J connectivity index is 2.30. The molecule has 0 spiro atoms. The summed E-state index contributed by atoms with van der Waals surface area (Å²) < 4.78 is 39.0.